The minimum atomic E-state index is -0.997. The van der Waals surface area contributed by atoms with Gasteiger partial charge >= 0.3 is 5.97 Å². The fourth-order valence-electron chi connectivity index (χ4n) is 1.72. The first-order valence-corrected chi connectivity index (χ1v) is 6.16. The van der Waals surface area contributed by atoms with Crippen molar-refractivity contribution in [2.75, 3.05) is 6.79 Å². The predicted molar refractivity (Wildman–Crippen MR) is 64.4 cm³/mol. The molecule has 92 valence electrons. The van der Waals surface area contributed by atoms with Crippen LogP contribution in [0.3, 0.4) is 0 Å². The topological polar surface area (TPSA) is 68.7 Å². The molecule has 6 heteroatoms. The smallest absolute Gasteiger partial charge is 0.355 e. The fourth-order valence-corrected chi connectivity index (χ4v) is 2.52. The maximum absolute atomic E-state index is 10.7. The monoisotopic (exact) mass is 263 g/mol. The Morgan fingerprint density at radius 3 is 3.00 bits per heavy atom. The Bertz CT molecular complexity index is 608. The van der Waals surface area contributed by atoms with Gasteiger partial charge in [0.05, 0.1) is 5.01 Å². The summed E-state index contributed by atoms with van der Waals surface area (Å²) in [6, 6.07) is 5.67. The van der Waals surface area contributed by atoms with Gasteiger partial charge < -0.3 is 14.6 Å². The second-order valence-electron chi connectivity index (χ2n) is 3.80. The standard InChI is InChI=1S/C12H9NO4S/c14-12(15)8-5-18-11(13-8)4-7-1-2-9-10(3-7)17-6-16-9/h1-3,5H,4,6H2,(H,14,15). The summed E-state index contributed by atoms with van der Waals surface area (Å²) in [7, 11) is 0. The lowest BCUT2D eigenvalue weighted by Gasteiger charge is -2.00. The molecule has 1 aliphatic rings. The summed E-state index contributed by atoms with van der Waals surface area (Å²) >= 11 is 1.34. The molecule has 0 bridgehead atoms. The quantitative estimate of drug-likeness (QED) is 0.919. The number of benzene rings is 1. The van der Waals surface area contributed by atoms with Crippen molar-refractivity contribution in [3.05, 3.63) is 39.8 Å². The maximum Gasteiger partial charge on any atom is 0.355 e. The molecule has 0 spiro atoms. The largest absolute Gasteiger partial charge is 0.476 e. The molecule has 1 aromatic carbocycles. The van der Waals surface area contributed by atoms with Crippen LogP contribution in [0.1, 0.15) is 21.1 Å². The number of hydrogen-bond donors (Lipinski definition) is 1. The third kappa shape index (κ3) is 2.02. The van der Waals surface area contributed by atoms with Gasteiger partial charge in [-0.05, 0) is 17.7 Å². The SMILES string of the molecule is O=C(O)c1csc(Cc2ccc3c(c2)OCO3)n1. The van der Waals surface area contributed by atoms with Gasteiger partial charge in [-0.15, -0.1) is 11.3 Å². The zero-order valence-corrected chi connectivity index (χ0v) is 10.1. The molecule has 0 radical (unpaired) electrons. The van der Waals surface area contributed by atoms with Crippen molar-refractivity contribution in [2.24, 2.45) is 0 Å². The Labute approximate surface area is 107 Å². The second-order valence-corrected chi connectivity index (χ2v) is 4.74. The number of aromatic carboxylic acids is 1. The van der Waals surface area contributed by atoms with E-state index < -0.39 is 5.97 Å². The van der Waals surface area contributed by atoms with Gasteiger partial charge in [0.1, 0.15) is 0 Å². The van der Waals surface area contributed by atoms with E-state index in [1.54, 1.807) is 5.38 Å². The van der Waals surface area contributed by atoms with E-state index >= 15 is 0 Å². The second kappa shape index (κ2) is 4.30. The average molecular weight is 263 g/mol. The van der Waals surface area contributed by atoms with Gasteiger partial charge in [-0.2, -0.15) is 0 Å². The summed E-state index contributed by atoms with van der Waals surface area (Å²) in [5, 5.41) is 11.1. The van der Waals surface area contributed by atoms with E-state index in [1.165, 1.54) is 11.3 Å². The number of carboxylic acid groups (broad SMARTS) is 1. The van der Waals surface area contributed by atoms with Crippen LogP contribution in [0.4, 0.5) is 0 Å². The highest BCUT2D eigenvalue weighted by atomic mass is 32.1. The average Bonchev–Trinajstić information content (AvgIpc) is 2.96. The van der Waals surface area contributed by atoms with Crippen molar-refractivity contribution in [3.8, 4) is 11.5 Å². The maximum atomic E-state index is 10.7. The summed E-state index contributed by atoms with van der Waals surface area (Å²) in [4.78, 5) is 14.8. The molecular weight excluding hydrogens is 254 g/mol. The molecule has 0 saturated heterocycles. The van der Waals surface area contributed by atoms with Crippen LogP contribution < -0.4 is 9.47 Å². The van der Waals surface area contributed by atoms with E-state index in [4.69, 9.17) is 14.6 Å². The first kappa shape index (κ1) is 11.0. The van der Waals surface area contributed by atoms with Gasteiger partial charge in [0.25, 0.3) is 0 Å². The van der Waals surface area contributed by atoms with Crippen LogP contribution >= 0.6 is 11.3 Å². The van der Waals surface area contributed by atoms with E-state index in [1.807, 2.05) is 18.2 Å². The molecule has 5 nitrogen and oxygen atoms in total. The van der Waals surface area contributed by atoms with Crippen LogP contribution in [0, 0.1) is 0 Å². The molecule has 2 aromatic rings. The van der Waals surface area contributed by atoms with Crippen molar-refractivity contribution >= 4 is 17.3 Å². The van der Waals surface area contributed by atoms with E-state index in [2.05, 4.69) is 4.98 Å². The van der Waals surface area contributed by atoms with E-state index in [0.29, 0.717) is 6.42 Å². The Kier molecular flexibility index (Phi) is 2.64. The number of ether oxygens (including phenoxy) is 2. The highest BCUT2D eigenvalue weighted by molar-refractivity contribution is 7.09. The summed E-state index contributed by atoms with van der Waals surface area (Å²) in [5.41, 5.74) is 1.11. The third-order valence-corrected chi connectivity index (χ3v) is 3.41. The molecule has 0 aliphatic carbocycles. The normalized spacial score (nSPS) is 12.7. The number of nitrogens with zero attached hydrogens (tertiary/aromatic N) is 1. The van der Waals surface area contributed by atoms with E-state index in [0.717, 1.165) is 22.1 Å². The van der Waals surface area contributed by atoms with Crippen molar-refractivity contribution in [3.63, 3.8) is 0 Å². The minimum Gasteiger partial charge on any atom is -0.476 e. The molecule has 2 heterocycles. The van der Waals surface area contributed by atoms with Crippen molar-refractivity contribution in [1.82, 2.24) is 4.98 Å². The number of aromatic nitrogens is 1. The van der Waals surface area contributed by atoms with Crippen molar-refractivity contribution < 1.29 is 19.4 Å². The van der Waals surface area contributed by atoms with Gasteiger partial charge in [-0.25, -0.2) is 9.78 Å². The first-order valence-electron chi connectivity index (χ1n) is 5.28. The lowest BCUT2D eigenvalue weighted by molar-refractivity contribution is 0.0691. The molecule has 0 unspecified atom stereocenters. The van der Waals surface area contributed by atoms with Gasteiger partial charge in [0, 0.05) is 11.8 Å². The highest BCUT2D eigenvalue weighted by Crippen LogP contribution is 2.33. The number of carbonyl (C=O) groups is 1. The lowest BCUT2D eigenvalue weighted by atomic mass is 10.1. The Hall–Kier alpha value is -2.08. The van der Waals surface area contributed by atoms with Crippen LogP contribution in [0.5, 0.6) is 11.5 Å². The number of rotatable bonds is 3. The molecule has 1 aliphatic heterocycles. The lowest BCUT2D eigenvalue weighted by Crippen LogP contribution is -1.97. The van der Waals surface area contributed by atoms with E-state index in [-0.39, 0.29) is 12.5 Å². The summed E-state index contributed by atoms with van der Waals surface area (Å²) < 4.78 is 10.5. The van der Waals surface area contributed by atoms with E-state index in [9.17, 15) is 4.79 Å². The zero-order chi connectivity index (χ0) is 12.5. The fraction of sp³-hybridized carbons (Fsp3) is 0.167. The molecule has 18 heavy (non-hydrogen) atoms. The Morgan fingerprint density at radius 1 is 1.39 bits per heavy atom. The summed E-state index contributed by atoms with van der Waals surface area (Å²) in [6.45, 7) is 0.249. The van der Waals surface area contributed by atoms with Crippen LogP contribution in [-0.4, -0.2) is 22.9 Å². The predicted octanol–water partition coefficient (Wildman–Crippen LogP) is 2.16. The Morgan fingerprint density at radius 2 is 2.22 bits per heavy atom. The zero-order valence-electron chi connectivity index (χ0n) is 9.25. The van der Waals surface area contributed by atoms with Gasteiger partial charge in [0.2, 0.25) is 6.79 Å². The van der Waals surface area contributed by atoms with Gasteiger partial charge in [-0.3, -0.25) is 0 Å². The van der Waals surface area contributed by atoms with Crippen molar-refractivity contribution in [1.29, 1.82) is 0 Å². The van der Waals surface area contributed by atoms with Crippen molar-refractivity contribution in [2.45, 2.75) is 6.42 Å². The van der Waals surface area contributed by atoms with Gasteiger partial charge in [0.15, 0.2) is 17.2 Å². The molecule has 0 atom stereocenters. The molecule has 3 rings (SSSR count). The summed E-state index contributed by atoms with van der Waals surface area (Å²) in [6.07, 6.45) is 0.592. The number of fused-ring (bicyclic) bond motifs is 1. The molecular formula is C12H9NO4S. The summed E-state index contributed by atoms with van der Waals surface area (Å²) in [5.74, 6) is 0.467. The van der Waals surface area contributed by atoms with Crippen LogP contribution in [0.2, 0.25) is 0 Å². The molecule has 0 amide bonds. The van der Waals surface area contributed by atoms with Gasteiger partial charge in [-0.1, -0.05) is 6.07 Å². The molecule has 1 aromatic heterocycles. The van der Waals surface area contributed by atoms with Crippen LogP contribution in [0.15, 0.2) is 23.6 Å². The number of carboxylic acids is 1. The first-order chi connectivity index (χ1) is 8.72. The van der Waals surface area contributed by atoms with Crippen LogP contribution in [-0.2, 0) is 6.42 Å². The molecule has 1 N–H and O–H groups in total. The third-order valence-electron chi connectivity index (χ3n) is 2.56. The molecule has 0 fully saturated rings. The Balaban J connectivity index is 1.81. The molecule has 0 saturated carbocycles. The van der Waals surface area contributed by atoms with Crippen LogP contribution in [0.25, 0.3) is 0 Å². The highest BCUT2D eigenvalue weighted by Gasteiger charge is 2.14. The number of thiazole rings is 1. The number of hydrogen-bond acceptors (Lipinski definition) is 5. The minimum absolute atomic E-state index is 0.0933.